The number of halogens is 1. The minimum absolute atomic E-state index is 0.0435. The molecule has 1 N–H and O–H groups in total. The van der Waals surface area contributed by atoms with Gasteiger partial charge in [-0.25, -0.2) is 4.39 Å². The first-order chi connectivity index (χ1) is 10.2. The van der Waals surface area contributed by atoms with Gasteiger partial charge in [-0.3, -0.25) is 4.79 Å². The average Bonchev–Trinajstić information content (AvgIpc) is 3.01. The van der Waals surface area contributed by atoms with E-state index in [1.165, 1.54) is 25.5 Å². The Hall–Kier alpha value is -2.34. The molecular formula is C15H16FNO4. The lowest BCUT2D eigenvalue weighted by atomic mass is 10.2. The number of carbonyl (C=O) groups is 1. The minimum Gasteiger partial charge on any atom is -0.481 e. The van der Waals surface area contributed by atoms with Crippen LogP contribution in [0.3, 0.4) is 0 Å². The first-order valence-corrected chi connectivity index (χ1v) is 6.41. The van der Waals surface area contributed by atoms with Gasteiger partial charge in [0.1, 0.15) is 11.9 Å². The van der Waals surface area contributed by atoms with Crippen LogP contribution in [0, 0.1) is 5.82 Å². The second-order valence-electron chi connectivity index (χ2n) is 4.26. The number of hydrogen-bond donors (Lipinski definition) is 1. The Morgan fingerprint density at radius 3 is 2.81 bits per heavy atom. The summed E-state index contributed by atoms with van der Waals surface area (Å²) >= 11 is 0. The monoisotopic (exact) mass is 293 g/mol. The first kappa shape index (κ1) is 15.1. The number of para-hydroxylation sites is 1. The zero-order chi connectivity index (χ0) is 15.1. The molecule has 0 saturated heterocycles. The van der Waals surface area contributed by atoms with E-state index in [1.807, 2.05) is 0 Å². The SMILES string of the molecule is CO[C@H](CNC(=O)COc1ccccc1F)c1ccco1. The summed E-state index contributed by atoms with van der Waals surface area (Å²) in [6, 6.07) is 9.41. The quantitative estimate of drug-likeness (QED) is 0.851. The molecular weight excluding hydrogens is 277 g/mol. The molecule has 0 aliphatic rings. The molecule has 0 spiro atoms. The van der Waals surface area contributed by atoms with Gasteiger partial charge in [-0.05, 0) is 24.3 Å². The highest BCUT2D eigenvalue weighted by Crippen LogP contribution is 2.16. The van der Waals surface area contributed by atoms with E-state index in [-0.39, 0.29) is 30.9 Å². The van der Waals surface area contributed by atoms with Crippen molar-refractivity contribution in [1.82, 2.24) is 5.32 Å². The summed E-state index contributed by atoms with van der Waals surface area (Å²) in [7, 11) is 1.52. The van der Waals surface area contributed by atoms with E-state index < -0.39 is 5.82 Å². The summed E-state index contributed by atoms with van der Waals surface area (Å²) in [6.45, 7) is -0.0288. The van der Waals surface area contributed by atoms with E-state index in [4.69, 9.17) is 13.9 Å². The van der Waals surface area contributed by atoms with E-state index in [9.17, 15) is 9.18 Å². The van der Waals surface area contributed by atoms with Crippen molar-refractivity contribution in [3.8, 4) is 5.75 Å². The third-order valence-electron chi connectivity index (χ3n) is 2.83. The van der Waals surface area contributed by atoms with Crippen molar-refractivity contribution in [1.29, 1.82) is 0 Å². The molecule has 0 aliphatic carbocycles. The fraction of sp³-hybridized carbons (Fsp3) is 0.267. The number of methoxy groups -OCH3 is 1. The zero-order valence-electron chi connectivity index (χ0n) is 11.5. The lowest BCUT2D eigenvalue weighted by molar-refractivity contribution is -0.123. The van der Waals surface area contributed by atoms with Crippen LogP contribution in [0.5, 0.6) is 5.75 Å². The largest absolute Gasteiger partial charge is 0.481 e. The maximum atomic E-state index is 13.3. The number of hydrogen-bond acceptors (Lipinski definition) is 4. The molecule has 2 rings (SSSR count). The minimum atomic E-state index is -0.504. The summed E-state index contributed by atoms with van der Waals surface area (Å²) in [6.07, 6.45) is 1.15. The van der Waals surface area contributed by atoms with Crippen LogP contribution in [0.4, 0.5) is 4.39 Å². The van der Waals surface area contributed by atoms with Gasteiger partial charge in [0.2, 0.25) is 0 Å². The molecule has 0 saturated carbocycles. The van der Waals surface area contributed by atoms with Crippen LogP contribution in [-0.2, 0) is 9.53 Å². The van der Waals surface area contributed by atoms with Crippen LogP contribution in [0.15, 0.2) is 47.1 Å². The van der Waals surface area contributed by atoms with Gasteiger partial charge in [0.25, 0.3) is 5.91 Å². The summed E-state index contributed by atoms with van der Waals surface area (Å²) < 4.78 is 28.8. The van der Waals surface area contributed by atoms with Gasteiger partial charge < -0.3 is 19.2 Å². The van der Waals surface area contributed by atoms with Crippen LogP contribution >= 0.6 is 0 Å². The van der Waals surface area contributed by atoms with Crippen molar-refractivity contribution in [3.05, 3.63) is 54.2 Å². The molecule has 6 heteroatoms. The molecule has 0 radical (unpaired) electrons. The lowest BCUT2D eigenvalue weighted by Gasteiger charge is -2.14. The first-order valence-electron chi connectivity index (χ1n) is 6.41. The number of benzene rings is 1. The lowest BCUT2D eigenvalue weighted by Crippen LogP contribution is -2.33. The molecule has 1 heterocycles. The van der Waals surface area contributed by atoms with Gasteiger partial charge in [0.15, 0.2) is 18.2 Å². The molecule has 0 aliphatic heterocycles. The average molecular weight is 293 g/mol. The smallest absolute Gasteiger partial charge is 0.258 e. The second-order valence-corrected chi connectivity index (χ2v) is 4.26. The highest BCUT2D eigenvalue weighted by molar-refractivity contribution is 5.77. The molecule has 5 nitrogen and oxygen atoms in total. The third-order valence-corrected chi connectivity index (χ3v) is 2.83. The highest BCUT2D eigenvalue weighted by atomic mass is 19.1. The van der Waals surface area contributed by atoms with E-state index >= 15 is 0 Å². The number of carbonyl (C=O) groups excluding carboxylic acids is 1. The molecule has 112 valence electrons. The normalized spacial score (nSPS) is 11.9. The molecule has 1 aromatic heterocycles. The Bertz CT molecular complexity index is 571. The topological polar surface area (TPSA) is 60.7 Å². The molecule has 2 aromatic rings. The predicted octanol–water partition coefficient (Wildman–Crippen LogP) is 2.30. The van der Waals surface area contributed by atoms with Crippen LogP contribution < -0.4 is 10.1 Å². The standard InChI is InChI=1S/C15H16FNO4/c1-19-14(13-7-4-8-20-13)9-17-15(18)10-21-12-6-3-2-5-11(12)16/h2-8,14H,9-10H2,1H3,(H,17,18)/t14-/m1/s1. The van der Waals surface area contributed by atoms with Crippen LogP contribution in [-0.4, -0.2) is 26.2 Å². The van der Waals surface area contributed by atoms with Gasteiger partial charge in [-0.2, -0.15) is 0 Å². The molecule has 1 atom stereocenters. The van der Waals surface area contributed by atoms with Gasteiger partial charge in [-0.1, -0.05) is 12.1 Å². The fourth-order valence-electron chi connectivity index (χ4n) is 1.74. The van der Waals surface area contributed by atoms with Crippen LogP contribution in [0.1, 0.15) is 11.9 Å². The highest BCUT2D eigenvalue weighted by Gasteiger charge is 2.15. The van der Waals surface area contributed by atoms with E-state index in [1.54, 1.807) is 24.3 Å². The van der Waals surface area contributed by atoms with Crippen molar-refractivity contribution >= 4 is 5.91 Å². The summed E-state index contributed by atoms with van der Waals surface area (Å²) in [5.41, 5.74) is 0. The summed E-state index contributed by atoms with van der Waals surface area (Å²) in [5.74, 6) is -0.211. The maximum Gasteiger partial charge on any atom is 0.258 e. The van der Waals surface area contributed by atoms with Gasteiger partial charge >= 0.3 is 0 Å². The molecule has 0 fully saturated rings. The van der Waals surface area contributed by atoms with Crippen molar-refractivity contribution in [2.45, 2.75) is 6.10 Å². The predicted molar refractivity (Wildman–Crippen MR) is 73.4 cm³/mol. The maximum absolute atomic E-state index is 13.3. The summed E-state index contributed by atoms with van der Waals surface area (Å²) in [4.78, 5) is 11.7. The molecule has 21 heavy (non-hydrogen) atoms. The molecule has 1 amide bonds. The number of nitrogens with one attached hydrogen (secondary N) is 1. The zero-order valence-corrected chi connectivity index (χ0v) is 11.5. The Morgan fingerprint density at radius 1 is 1.33 bits per heavy atom. The Labute approximate surface area is 121 Å². The van der Waals surface area contributed by atoms with Gasteiger partial charge in [0.05, 0.1) is 12.8 Å². The van der Waals surface area contributed by atoms with Crippen molar-refractivity contribution < 1.29 is 23.1 Å². The fourth-order valence-corrected chi connectivity index (χ4v) is 1.74. The van der Waals surface area contributed by atoms with E-state index in [0.717, 1.165) is 0 Å². The third kappa shape index (κ3) is 4.32. The summed E-state index contributed by atoms with van der Waals surface area (Å²) in [5, 5.41) is 2.64. The number of ether oxygens (including phenoxy) is 2. The Kier molecular flexibility index (Phi) is 5.34. The molecule has 0 unspecified atom stereocenters. The number of rotatable bonds is 7. The van der Waals surface area contributed by atoms with Crippen molar-refractivity contribution in [2.24, 2.45) is 0 Å². The van der Waals surface area contributed by atoms with Crippen molar-refractivity contribution in [3.63, 3.8) is 0 Å². The van der Waals surface area contributed by atoms with Gasteiger partial charge in [0, 0.05) is 7.11 Å². The van der Waals surface area contributed by atoms with E-state index in [2.05, 4.69) is 5.32 Å². The Morgan fingerprint density at radius 2 is 2.14 bits per heavy atom. The molecule has 1 aromatic carbocycles. The molecule has 0 bridgehead atoms. The van der Waals surface area contributed by atoms with Crippen molar-refractivity contribution in [2.75, 3.05) is 20.3 Å². The van der Waals surface area contributed by atoms with Crippen LogP contribution in [0.2, 0.25) is 0 Å². The van der Waals surface area contributed by atoms with Crippen LogP contribution in [0.25, 0.3) is 0 Å². The number of furan rings is 1. The van der Waals surface area contributed by atoms with Gasteiger partial charge in [-0.15, -0.1) is 0 Å². The Balaban J connectivity index is 1.78. The second kappa shape index (κ2) is 7.44. The van der Waals surface area contributed by atoms with E-state index in [0.29, 0.717) is 5.76 Å². The number of amides is 1.